The number of amides is 2. The second-order valence-corrected chi connectivity index (χ2v) is 12.4. The molecule has 2 aromatic rings. The summed E-state index contributed by atoms with van der Waals surface area (Å²) in [4.78, 5) is 26.8. The largest absolute Gasteiger partial charge is 0.471 e. The minimum atomic E-state index is -4.89. The zero-order valence-corrected chi connectivity index (χ0v) is 25.4. The summed E-state index contributed by atoms with van der Waals surface area (Å²) < 4.78 is 75.1. The Morgan fingerprint density at radius 2 is 1.00 bits per heavy atom. The highest BCUT2D eigenvalue weighted by Crippen LogP contribution is 2.31. The van der Waals surface area contributed by atoms with Crippen molar-refractivity contribution in [3.63, 3.8) is 0 Å². The number of carbonyl (C=O) groups is 2. The van der Waals surface area contributed by atoms with Gasteiger partial charge in [-0.2, -0.15) is 26.3 Å². The van der Waals surface area contributed by atoms with Crippen molar-refractivity contribution in [1.29, 1.82) is 0 Å². The molecule has 2 fully saturated rings. The van der Waals surface area contributed by atoms with Gasteiger partial charge in [-0.15, -0.1) is 0 Å². The summed E-state index contributed by atoms with van der Waals surface area (Å²) in [6.07, 6.45) is -7.14. The molecule has 2 saturated heterocycles. The molecule has 242 valence electrons. The van der Waals surface area contributed by atoms with Crippen LogP contribution in [-0.4, -0.2) is 73.2 Å². The smallest absolute Gasteiger partial charge is 0.348 e. The number of piperidine rings is 2. The van der Waals surface area contributed by atoms with E-state index in [2.05, 4.69) is 28.0 Å². The molecule has 0 radical (unpaired) electrons. The van der Waals surface area contributed by atoms with Crippen molar-refractivity contribution in [1.82, 2.24) is 20.4 Å². The third kappa shape index (κ3) is 10.3. The molecule has 2 aromatic carbocycles. The molecule has 0 unspecified atom stereocenters. The molecule has 2 N–H and O–H groups in total. The van der Waals surface area contributed by atoms with Crippen molar-refractivity contribution < 1.29 is 35.9 Å². The summed E-state index contributed by atoms with van der Waals surface area (Å²) in [5.74, 6) is -3.89. The van der Waals surface area contributed by atoms with Gasteiger partial charge in [0.1, 0.15) is 0 Å². The minimum Gasteiger partial charge on any atom is -0.348 e. The monoisotopic (exact) mass is 666 g/mol. The first-order valence-electron chi connectivity index (χ1n) is 14.4. The molecule has 0 aliphatic carbocycles. The summed E-state index contributed by atoms with van der Waals surface area (Å²) in [6.45, 7) is 3.93. The predicted octanol–water partition coefficient (Wildman–Crippen LogP) is 6.44. The molecule has 2 amide bonds. The second kappa shape index (κ2) is 14.7. The van der Waals surface area contributed by atoms with Gasteiger partial charge in [0.2, 0.25) is 0 Å². The van der Waals surface area contributed by atoms with Crippen molar-refractivity contribution in [2.24, 2.45) is 11.8 Å². The number of nitrogens with zero attached hydrogens (tertiary/aromatic N) is 2. The van der Waals surface area contributed by atoms with Gasteiger partial charge in [-0.25, -0.2) is 0 Å². The normalized spacial score (nSPS) is 17.9. The highest BCUT2D eigenvalue weighted by atomic mass is 35.5. The quantitative estimate of drug-likeness (QED) is 0.303. The van der Waals surface area contributed by atoms with E-state index >= 15 is 0 Å². The van der Waals surface area contributed by atoms with Crippen molar-refractivity contribution in [2.45, 2.75) is 51.1 Å². The van der Waals surface area contributed by atoms with Gasteiger partial charge in [0.25, 0.3) is 0 Å². The second-order valence-electron chi connectivity index (χ2n) is 11.6. The average Bonchev–Trinajstić information content (AvgIpc) is 2.94. The van der Waals surface area contributed by atoms with Gasteiger partial charge < -0.3 is 10.6 Å². The first-order valence-corrected chi connectivity index (χ1v) is 15.2. The van der Waals surface area contributed by atoms with Crippen molar-refractivity contribution >= 4 is 35.0 Å². The van der Waals surface area contributed by atoms with Gasteiger partial charge in [-0.1, -0.05) is 29.3 Å². The Bertz CT molecular complexity index is 1220. The summed E-state index contributed by atoms with van der Waals surface area (Å²) in [5.41, 5.74) is 3.87. The van der Waals surface area contributed by atoms with Crippen LogP contribution in [-0.2, 0) is 22.7 Å². The number of hydrogen-bond acceptors (Lipinski definition) is 4. The molecule has 2 heterocycles. The van der Waals surface area contributed by atoms with Gasteiger partial charge >= 0.3 is 24.2 Å². The standard InChI is InChI=1S/C30H34Cl2F6N4O2/c31-25-12-24(13-26(32)14-25)23-10-21(17-41-5-1-19(2-6-41)15-39-27(43)29(33,34)35)9-22(11-23)18-42-7-3-20(4-8-42)16-40-28(44)30(36,37)38/h9-14,19-20H,1-8,15-18H2,(H,39,43)(H,40,44). The van der Waals surface area contributed by atoms with E-state index < -0.39 is 24.2 Å². The van der Waals surface area contributed by atoms with Crippen LogP contribution >= 0.6 is 23.2 Å². The number of hydrogen-bond donors (Lipinski definition) is 2. The average molecular weight is 668 g/mol. The lowest BCUT2D eigenvalue weighted by molar-refractivity contribution is -0.173. The Labute approximate surface area is 262 Å². The van der Waals surface area contributed by atoms with Crippen LogP contribution in [0.5, 0.6) is 0 Å². The molecular formula is C30H34Cl2F6N4O2. The van der Waals surface area contributed by atoms with Crippen LogP contribution in [0.2, 0.25) is 10.0 Å². The lowest BCUT2D eigenvalue weighted by Gasteiger charge is -2.33. The van der Waals surface area contributed by atoms with E-state index in [1.165, 1.54) is 0 Å². The maximum absolute atomic E-state index is 12.5. The Hall–Kier alpha value is -2.54. The molecule has 6 nitrogen and oxygen atoms in total. The molecule has 4 rings (SSSR count). The van der Waals surface area contributed by atoms with Crippen LogP contribution in [0.4, 0.5) is 26.3 Å². The third-order valence-electron chi connectivity index (χ3n) is 8.09. The van der Waals surface area contributed by atoms with E-state index in [1.54, 1.807) is 6.07 Å². The summed E-state index contributed by atoms with van der Waals surface area (Å²) >= 11 is 12.6. The molecular weight excluding hydrogens is 633 g/mol. The molecule has 0 saturated carbocycles. The van der Waals surface area contributed by atoms with E-state index in [4.69, 9.17) is 23.2 Å². The van der Waals surface area contributed by atoms with Crippen LogP contribution in [0.1, 0.15) is 36.8 Å². The van der Waals surface area contributed by atoms with E-state index in [1.807, 2.05) is 22.8 Å². The Balaban J connectivity index is 1.39. The maximum Gasteiger partial charge on any atom is 0.471 e. The lowest BCUT2D eigenvalue weighted by Crippen LogP contribution is -2.42. The van der Waals surface area contributed by atoms with E-state index in [9.17, 15) is 35.9 Å². The molecule has 0 atom stereocenters. The van der Waals surface area contributed by atoms with Crippen LogP contribution in [0.25, 0.3) is 11.1 Å². The van der Waals surface area contributed by atoms with Gasteiger partial charge in [0, 0.05) is 36.2 Å². The fraction of sp³-hybridized carbons (Fsp3) is 0.533. The van der Waals surface area contributed by atoms with E-state index in [-0.39, 0.29) is 24.9 Å². The van der Waals surface area contributed by atoms with Gasteiger partial charge in [-0.3, -0.25) is 19.4 Å². The number of halogens is 8. The summed E-state index contributed by atoms with van der Waals surface area (Å²) in [6, 6.07) is 11.6. The number of likely N-dealkylation sites (tertiary alicyclic amines) is 2. The third-order valence-corrected chi connectivity index (χ3v) is 8.53. The zero-order valence-electron chi connectivity index (χ0n) is 23.8. The fourth-order valence-electron chi connectivity index (χ4n) is 5.72. The van der Waals surface area contributed by atoms with Gasteiger partial charge in [0.15, 0.2) is 0 Å². The van der Waals surface area contributed by atoms with Crippen molar-refractivity contribution in [3.05, 3.63) is 57.6 Å². The highest BCUT2D eigenvalue weighted by molar-refractivity contribution is 6.35. The van der Waals surface area contributed by atoms with Crippen LogP contribution in [0.15, 0.2) is 36.4 Å². The molecule has 2 aliphatic heterocycles. The molecule has 0 bridgehead atoms. The molecule has 44 heavy (non-hydrogen) atoms. The molecule has 14 heteroatoms. The maximum atomic E-state index is 12.5. The van der Waals surface area contributed by atoms with Crippen LogP contribution in [0.3, 0.4) is 0 Å². The highest BCUT2D eigenvalue weighted by Gasteiger charge is 2.39. The van der Waals surface area contributed by atoms with Gasteiger partial charge in [0.05, 0.1) is 0 Å². The Morgan fingerprint density at radius 3 is 1.36 bits per heavy atom. The Morgan fingerprint density at radius 1 is 0.636 bits per heavy atom. The van der Waals surface area contributed by atoms with E-state index in [0.29, 0.717) is 75.0 Å². The van der Waals surface area contributed by atoms with Crippen LogP contribution in [0, 0.1) is 11.8 Å². The number of benzene rings is 2. The lowest BCUT2D eigenvalue weighted by atomic mass is 9.94. The van der Waals surface area contributed by atoms with Crippen molar-refractivity contribution in [2.75, 3.05) is 39.3 Å². The summed E-state index contributed by atoms with van der Waals surface area (Å²) in [5, 5.41) is 4.97. The number of carbonyl (C=O) groups excluding carboxylic acids is 2. The topological polar surface area (TPSA) is 64.7 Å². The zero-order chi connectivity index (χ0) is 32.1. The van der Waals surface area contributed by atoms with Gasteiger partial charge in [-0.05, 0) is 116 Å². The number of rotatable bonds is 9. The molecule has 0 aromatic heterocycles. The number of alkyl halides is 6. The number of nitrogens with one attached hydrogen (secondary N) is 2. The SMILES string of the molecule is O=C(NCC1CCN(Cc2cc(CN3CCC(CNC(=O)C(F)(F)F)CC3)cc(-c3cc(Cl)cc(Cl)c3)c2)CC1)C(F)(F)F. The fourth-order valence-corrected chi connectivity index (χ4v) is 6.25. The first-order chi connectivity index (χ1) is 20.7. The minimum absolute atomic E-state index is 0.00721. The predicted molar refractivity (Wildman–Crippen MR) is 156 cm³/mol. The Kier molecular flexibility index (Phi) is 11.5. The molecule has 2 aliphatic rings. The first kappa shape index (κ1) is 34.3. The summed E-state index contributed by atoms with van der Waals surface area (Å²) in [7, 11) is 0. The van der Waals surface area contributed by atoms with E-state index in [0.717, 1.165) is 22.3 Å². The molecule has 0 spiro atoms. The van der Waals surface area contributed by atoms with Crippen molar-refractivity contribution in [3.8, 4) is 11.1 Å². The van der Waals surface area contributed by atoms with Crippen LogP contribution < -0.4 is 10.6 Å².